The molecular weight excluding hydrogens is 222 g/mol. The second-order valence-electron chi connectivity index (χ2n) is 4.93. The van der Waals surface area contributed by atoms with Gasteiger partial charge in [0.05, 0.1) is 5.56 Å². The molecule has 18 heavy (non-hydrogen) atoms. The summed E-state index contributed by atoms with van der Waals surface area (Å²) < 4.78 is 0. The zero-order valence-electron chi connectivity index (χ0n) is 11.9. The summed E-state index contributed by atoms with van der Waals surface area (Å²) in [6.45, 7) is 9.44. The van der Waals surface area contributed by atoms with E-state index in [1.807, 2.05) is 19.1 Å². The third-order valence-electron chi connectivity index (χ3n) is 3.03. The molecule has 0 aliphatic heterocycles. The van der Waals surface area contributed by atoms with Gasteiger partial charge in [-0.2, -0.15) is 5.26 Å². The number of hydrogen-bond acceptors (Lipinski definition) is 3. The lowest BCUT2D eigenvalue weighted by Crippen LogP contribution is -2.33. The summed E-state index contributed by atoms with van der Waals surface area (Å²) >= 11 is 0. The molecule has 98 valence electrons. The number of aryl methyl sites for hydroxylation is 1. The van der Waals surface area contributed by atoms with Crippen LogP contribution in [-0.2, 0) is 0 Å². The molecule has 0 fully saturated rings. The topological polar surface area (TPSA) is 39.9 Å². The van der Waals surface area contributed by atoms with Crippen LogP contribution in [0.4, 0.5) is 5.82 Å². The van der Waals surface area contributed by atoms with Crippen LogP contribution in [0.3, 0.4) is 0 Å². The molecule has 0 spiro atoms. The number of rotatable bonds is 6. The van der Waals surface area contributed by atoms with E-state index >= 15 is 0 Å². The molecular formula is C15H23N3. The van der Waals surface area contributed by atoms with E-state index in [1.165, 1.54) is 12.8 Å². The molecule has 0 saturated carbocycles. The Labute approximate surface area is 110 Å². The first-order chi connectivity index (χ1) is 8.60. The van der Waals surface area contributed by atoms with Gasteiger partial charge in [-0.3, -0.25) is 0 Å². The van der Waals surface area contributed by atoms with Crippen molar-refractivity contribution in [2.45, 2.75) is 53.0 Å². The number of aromatic nitrogens is 1. The van der Waals surface area contributed by atoms with E-state index in [4.69, 9.17) is 0 Å². The summed E-state index contributed by atoms with van der Waals surface area (Å²) in [4.78, 5) is 6.79. The van der Waals surface area contributed by atoms with E-state index in [9.17, 15) is 5.26 Å². The summed E-state index contributed by atoms with van der Waals surface area (Å²) in [7, 11) is 0. The molecule has 0 aromatic carbocycles. The fraction of sp³-hybridized carbons (Fsp3) is 0.600. The Bertz CT molecular complexity index is 418. The molecule has 0 unspecified atom stereocenters. The number of pyridine rings is 1. The molecule has 1 aromatic heterocycles. The Morgan fingerprint density at radius 3 is 2.61 bits per heavy atom. The van der Waals surface area contributed by atoms with Crippen LogP contribution < -0.4 is 4.90 Å². The molecule has 0 aliphatic rings. The number of unbranched alkanes of at least 4 members (excludes halogenated alkanes) is 2. The molecule has 1 rings (SSSR count). The highest BCUT2D eigenvalue weighted by molar-refractivity contribution is 5.54. The van der Waals surface area contributed by atoms with Gasteiger partial charge in [-0.05, 0) is 39.3 Å². The van der Waals surface area contributed by atoms with Gasteiger partial charge in [-0.1, -0.05) is 19.8 Å². The minimum atomic E-state index is 0.364. The van der Waals surface area contributed by atoms with Gasteiger partial charge in [0.25, 0.3) is 0 Å². The highest BCUT2D eigenvalue weighted by atomic mass is 15.2. The van der Waals surface area contributed by atoms with Crippen LogP contribution >= 0.6 is 0 Å². The van der Waals surface area contributed by atoms with Crippen LogP contribution in [0.25, 0.3) is 0 Å². The lowest BCUT2D eigenvalue weighted by molar-refractivity contribution is 0.618. The molecule has 1 heterocycles. The molecule has 0 bridgehead atoms. The van der Waals surface area contributed by atoms with Gasteiger partial charge in [-0.25, -0.2) is 4.98 Å². The molecule has 0 saturated heterocycles. The molecule has 0 N–H and O–H groups in total. The fourth-order valence-corrected chi connectivity index (χ4v) is 1.99. The van der Waals surface area contributed by atoms with Gasteiger partial charge < -0.3 is 4.90 Å². The largest absolute Gasteiger partial charge is 0.353 e. The highest BCUT2D eigenvalue weighted by Crippen LogP contribution is 2.20. The summed E-state index contributed by atoms with van der Waals surface area (Å²) in [5, 5.41) is 9.19. The molecule has 1 aromatic rings. The smallest absolute Gasteiger partial charge is 0.147 e. The molecule has 0 radical (unpaired) electrons. The first-order valence-corrected chi connectivity index (χ1v) is 6.74. The van der Waals surface area contributed by atoms with Crippen molar-refractivity contribution < 1.29 is 0 Å². The van der Waals surface area contributed by atoms with E-state index in [-0.39, 0.29) is 0 Å². The van der Waals surface area contributed by atoms with Gasteiger partial charge in [-0.15, -0.1) is 0 Å². The SMILES string of the molecule is CCCCCN(c1nc(C)ccc1C#N)C(C)C. The lowest BCUT2D eigenvalue weighted by Gasteiger charge is -2.28. The highest BCUT2D eigenvalue weighted by Gasteiger charge is 2.15. The van der Waals surface area contributed by atoms with Crippen LogP contribution in [0.5, 0.6) is 0 Å². The zero-order valence-corrected chi connectivity index (χ0v) is 11.9. The quantitative estimate of drug-likeness (QED) is 0.718. The number of hydrogen-bond donors (Lipinski definition) is 0. The Kier molecular flexibility index (Phi) is 5.64. The van der Waals surface area contributed by atoms with Gasteiger partial charge in [0.1, 0.15) is 11.9 Å². The molecule has 0 aliphatic carbocycles. The van der Waals surface area contributed by atoms with Gasteiger partial charge in [0, 0.05) is 18.3 Å². The first kappa shape index (κ1) is 14.5. The van der Waals surface area contributed by atoms with Crippen LogP contribution in [0, 0.1) is 18.3 Å². The van der Waals surface area contributed by atoms with Crippen LogP contribution in [-0.4, -0.2) is 17.6 Å². The Morgan fingerprint density at radius 2 is 2.06 bits per heavy atom. The number of nitrogens with zero attached hydrogens (tertiary/aromatic N) is 3. The third kappa shape index (κ3) is 3.73. The Morgan fingerprint density at radius 1 is 1.33 bits per heavy atom. The monoisotopic (exact) mass is 245 g/mol. The number of nitriles is 1. The van der Waals surface area contributed by atoms with Crippen molar-refractivity contribution in [1.29, 1.82) is 5.26 Å². The second kappa shape index (κ2) is 7.00. The Hall–Kier alpha value is -1.56. The van der Waals surface area contributed by atoms with E-state index < -0.39 is 0 Å². The van der Waals surface area contributed by atoms with Gasteiger partial charge in [0.2, 0.25) is 0 Å². The maximum absolute atomic E-state index is 9.19. The average Bonchev–Trinajstić information content (AvgIpc) is 2.34. The van der Waals surface area contributed by atoms with Crippen molar-refractivity contribution in [3.05, 3.63) is 23.4 Å². The van der Waals surface area contributed by atoms with Crippen molar-refractivity contribution in [1.82, 2.24) is 4.98 Å². The average molecular weight is 245 g/mol. The standard InChI is InChI=1S/C15H23N3/c1-5-6-7-10-18(12(2)3)15-14(11-16)9-8-13(4)17-15/h8-9,12H,5-7,10H2,1-4H3. The van der Waals surface area contributed by atoms with Crippen LogP contribution in [0.15, 0.2) is 12.1 Å². The van der Waals surface area contributed by atoms with Crippen molar-refractivity contribution >= 4 is 5.82 Å². The van der Waals surface area contributed by atoms with Crippen molar-refractivity contribution in [3.8, 4) is 6.07 Å². The Balaban J connectivity index is 2.98. The van der Waals surface area contributed by atoms with E-state index in [0.717, 1.165) is 24.5 Å². The predicted molar refractivity (Wildman–Crippen MR) is 75.7 cm³/mol. The van der Waals surface area contributed by atoms with Gasteiger partial charge >= 0.3 is 0 Å². The van der Waals surface area contributed by atoms with E-state index in [2.05, 4.69) is 36.7 Å². The van der Waals surface area contributed by atoms with Gasteiger partial charge in [0.15, 0.2) is 0 Å². The zero-order chi connectivity index (χ0) is 13.5. The first-order valence-electron chi connectivity index (χ1n) is 6.74. The minimum Gasteiger partial charge on any atom is -0.353 e. The summed E-state index contributed by atoms with van der Waals surface area (Å²) in [6.07, 6.45) is 3.57. The fourth-order valence-electron chi connectivity index (χ4n) is 1.99. The summed E-state index contributed by atoms with van der Waals surface area (Å²) in [6, 6.07) is 6.37. The number of anilines is 1. The molecule has 0 atom stereocenters. The van der Waals surface area contributed by atoms with Crippen molar-refractivity contribution in [2.75, 3.05) is 11.4 Å². The van der Waals surface area contributed by atoms with E-state index in [1.54, 1.807) is 0 Å². The normalized spacial score (nSPS) is 10.4. The van der Waals surface area contributed by atoms with Crippen LogP contribution in [0.1, 0.15) is 51.3 Å². The van der Waals surface area contributed by atoms with E-state index in [0.29, 0.717) is 11.6 Å². The molecule has 0 amide bonds. The molecule has 3 heteroatoms. The molecule has 3 nitrogen and oxygen atoms in total. The lowest BCUT2D eigenvalue weighted by atomic mass is 10.1. The van der Waals surface area contributed by atoms with Crippen LogP contribution in [0.2, 0.25) is 0 Å². The second-order valence-corrected chi connectivity index (χ2v) is 4.93. The maximum atomic E-state index is 9.19. The third-order valence-corrected chi connectivity index (χ3v) is 3.03. The summed E-state index contributed by atoms with van der Waals surface area (Å²) in [5.41, 5.74) is 1.64. The summed E-state index contributed by atoms with van der Waals surface area (Å²) in [5.74, 6) is 0.837. The minimum absolute atomic E-state index is 0.364. The predicted octanol–water partition coefficient (Wildman–Crippen LogP) is 3.67. The maximum Gasteiger partial charge on any atom is 0.147 e. The van der Waals surface area contributed by atoms with Crippen molar-refractivity contribution in [3.63, 3.8) is 0 Å². The van der Waals surface area contributed by atoms with Crippen molar-refractivity contribution in [2.24, 2.45) is 0 Å².